The van der Waals surface area contributed by atoms with Gasteiger partial charge in [0, 0.05) is 23.3 Å². The first-order valence-corrected chi connectivity index (χ1v) is 12.0. The van der Waals surface area contributed by atoms with Crippen LogP contribution in [0.4, 0.5) is 5.82 Å². The number of aryl methyl sites for hydroxylation is 2. The highest BCUT2D eigenvalue weighted by atomic mass is 32.2. The lowest BCUT2D eigenvalue weighted by Gasteiger charge is -2.05. The minimum atomic E-state index is -2.12. The quantitative estimate of drug-likeness (QED) is 0.573. The van der Waals surface area contributed by atoms with E-state index in [2.05, 4.69) is 47.5 Å². The molecule has 1 aliphatic rings. The molecule has 140 valence electrons. The van der Waals surface area contributed by atoms with Gasteiger partial charge >= 0.3 is 0 Å². The largest absolute Gasteiger partial charge is 0.249 e. The van der Waals surface area contributed by atoms with E-state index in [9.17, 15) is 4.21 Å². The number of rotatable bonds is 4. The summed E-state index contributed by atoms with van der Waals surface area (Å²) in [5, 5.41) is 1.11. The van der Waals surface area contributed by atoms with Crippen LogP contribution in [0.5, 0.6) is 0 Å². The Kier molecular flexibility index (Phi) is 5.10. The van der Waals surface area contributed by atoms with Gasteiger partial charge in [-0.3, -0.25) is 0 Å². The van der Waals surface area contributed by atoms with Crippen molar-refractivity contribution in [1.82, 2.24) is 9.97 Å². The highest BCUT2D eigenvalue weighted by Crippen LogP contribution is 2.38. The molecule has 2 aromatic heterocycles. The Morgan fingerprint density at radius 1 is 1.15 bits per heavy atom. The summed E-state index contributed by atoms with van der Waals surface area (Å²) in [7, 11) is -2.12. The lowest BCUT2D eigenvalue weighted by atomic mass is 10.1. The maximum atomic E-state index is 12.8. The van der Waals surface area contributed by atoms with Gasteiger partial charge in [-0.2, -0.15) is 4.36 Å². The van der Waals surface area contributed by atoms with Crippen LogP contribution < -0.4 is 0 Å². The molecular formula is C21H23N3OS2. The number of pyridine rings is 1. The van der Waals surface area contributed by atoms with Gasteiger partial charge < -0.3 is 0 Å². The average Bonchev–Trinajstić information content (AvgIpc) is 3.28. The lowest BCUT2D eigenvalue weighted by molar-refractivity contribution is 0.681. The Hall–Kier alpha value is -2.05. The summed E-state index contributed by atoms with van der Waals surface area (Å²) in [6.07, 6.45) is 4.65. The average molecular weight is 398 g/mol. The summed E-state index contributed by atoms with van der Waals surface area (Å²) in [6.45, 7) is 4.22. The number of nitrogens with zero attached hydrogens (tertiary/aromatic N) is 3. The molecule has 0 saturated carbocycles. The molecule has 27 heavy (non-hydrogen) atoms. The summed E-state index contributed by atoms with van der Waals surface area (Å²) in [6, 6.07) is 12.4. The van der Waals surface area contributed by atoms with Crippen molar-refractivity contribution in [2.45, 2.75) is 33.1 Å². The predicted molar refractivity (Wildman–Crippen MR) is 114 cm³/mol. The van der Waals surface area contributed by atoms with Gasteiger partial charge in [-0.1, -0.05) is 30.7 Å². The fraction of sp³-hybridized carbons (Fsp3) is 0.333. The van der Waals surface area contributed by atoms with Crippen molar-refractivity contribution in [2.75, 3.05) is 11.5 Å². The van der Waals surface area contributed by atoms with Gasteiger partial charge in [-0.05, 0) is 49.9 Å². The van der Waals surface area contributed by atoms with E-state index in [0.717, 1.165) is 46.0 Å². The predicted octanol–water partition coefficient (Wildman–Crippen LogP) is 5.64. The summed E-state index contributed by atoms with van der Waals surface area (Å²) < 4.78 is 17.3. The van der Waals surface area contributed by atoms with Crippen molar-refractivity contribution >= 4 is 26.9 Å². The molecule has 3 heterocycles. The van der Waals surface area contributed by atoms with Crippen molar-refractivity contribution in [1.29, 1.82) is 0 Å². The minimum Gasteiger partial charge on any atom is -0.249 e. The second-order valence-corrected chi connectivity index (χ2v) is 10.5. The van der Waals surface area contributed by atoms with Gasteiger partial charge in [0.25, 0.3) is 0 Å². The van der Waals surface area contributed by atoms with Gasteiger partial charge in [0.15, 0.2) is 5.82 Å². The summed E-state index contributed by atoms with van der Waals surface area (Å²) in [5.41, 5.74) is 4.38. The van der Waals surface area contributed by atoms with Gasteiger partial charge in [-0.15, -0.1) is 11.3 Å². The summed E-state index contributed by atoms with van der Waals surface area (Å²) >= 11 is 1.71. The maximum absolute atomic E-state index is 12.8. The molecule has 1 aliphatic heterocycles. The zero-order valence-electron chi connectivity index (χ0n) is 15.6. The van der Waals surface area contributed by atoms with Crippen LogP contribution in [0.15, 0.2) is 47.0 Å². The molecule has 0 bridgehead atoms. The Bertz CT molecular complexity index is 1080. The number of benzene rings is 1. The maximum Gasteiger partial charge on any atom is 0.162 e. The number of hydrogen-bond acceptors (Lipinski definition) is 5. The van der Waals surface area contributed by atoms with E-state index in [0.29, 0.717) is 17.3 Å². The third-order valence-corrected chi connectivity index (χ3v) is 8.33. The van der Waals surface area contributed by atoms with Crippen LogP contribution in [0.1, 0.15) is 30.3 Å². The van der Waals surface area contributed by atoms with Crippen LogP contribution in [-0.4, -0.2) is 25.7 Å². The minimum absolute atomic E-state index is 0.570. The smallest absolute Gasteiger partial charge is 0.162 e. The molecule has 1 fully saturated rings. The normalized spacial score (nSPS) is 15.8. The van der Waals surface area contributed by atoms with Gasteiger partial charge in [0.05, 0.1) is 25.3 Å². The molecular weight excluding hydrogens is 374 g/mol. The second-order valence-electron chi connectivity index (χ2n) is 6.89. The van der Waals surface area contributed by atoms with Crippen LogP contribution in [0.2, 0.25) is 0 Å². The molecule has 4 nitrogen and oxygen atoms in total. The summed E-state index contributed by atoms with van der Waals surface area (Å²) in [5.74, 6) is 1.95. The van der Waals surface area contributed by atoms with Crippen LogP contribution in [-0.2, 0) is 16.1 Å². The first-order chi connectivity index (χ1) is 13.1. The molecule has 1 aromatic carbocycles. The van der Waals surface area contributed by atoms with Gasteiger partial charge in [0.2, 0.25) is 0 Å². The van der Waals surface area contributed by atoms with E-state index in [1.807, 2.05) is 12.1 Å². The van der Waals surface area contributed by atoms with Crippen LogP contribution >= 0.6 is 11.3 Å². The summed E-state index contributed by atoms with van der Waals surface area (Å²) in [4.78, 5) is 10.4. The molecule has 1 saturated heterocycles. The van der Waals surface area contributed by atoms with Crippen molar-refractivity contribution in [3.8, 4) is 21.7 Å². The van der Waals surface area contributed by atoms with E-state index in [-0.39, 0.29) is 0 Å². The van der Waals surface area contributed by atoms with Crippen molar-refractivity contribution in [3.05, 3.63) is 53.2 Å². The molecule has 0 N–H and O–H groups in total. The first kappa shape index (κ1) is 18.3. The van der Waals surface area contributed by atoms with Crippen molar-refractivity contribution in [2.24, 2.45) is 4.36 Å². The Balaban J connectivity index is 1.81. The van der Waals surface area contributed by atoms with Crippen LogP contribution in [0.3, 0.4) is 0 Å². The molecule has 0 unspecified atom stereocenters. The first-order valence-electron chi connectivity index (χ1n) is 9.32. The molecule has 4 rings (SSSR count). The topological polar surface area (TPSA) is 55.2 Å². The fourth-order valence-corrected chi connectivity index (χ4v) is 6.49. The highest BCUT2D eigenvalue weighted by molar-refractivity contribution is 7.93. The number of hydrogen-bond donors (Lipinski definition) is 0. The zero-order valence-corrected chi connectivity index (χ0v) is 17.3. The molecule has 0 aliphatic carbocycles. The van der Waals surface area contributed by atoms with Crippen molar-refractivity contribution < 1.29 is 4.21 Å². The number of thiazole rings is 1. The van der Waals surface area contributed by atoms with E-state index in [1.165, 1.54) is 5.56 Å². The van der Waals surface area contributed by atoms with Gasteiger partial charge in [-0.25, -0.2) is 14.2 Å². The van der Waals surface area contributed by atoms with Crippen LogP contribution in [0.25, 0.3) is 21.7 Å². The molecule has 0 spiro atoms. The Labute approximate surface area is 164 Å². The molecule has 0 atom stereocenters. The highest BCUT2D eigenvalue weighted by Gasteiger charge is 2.18. The Morgan fingerprint density at radius 3 is 2.70 bits per heavy atom. The molecule has 0 amide bonds. The van der Waals surface area contributed by atoms with Crippen LogP contribution in [0, 0.1) is 6.92 Å². The Morgan fingerprint density at radius 2 is 1.96 bits per heavy atom. The van der Waals surface area contributed by atoms with E-state index >= 15 is 0 Å². The van der Waals surface area contributed by atoms with E-state index in [4.69, 9.17) is 4.98 Å². The molecule has 6 heteroatoms. The third-order valence-electron chi connectivity index (χ3n) is 4.71. The molecule has 3 aromatic rings. The standard InChI is InChI=1S/C21H23N3OS2/c1-3-19-23-20(16-8-6-7-15(2)13-16)21(26-19)17-9-10-22-18(14-17)24-27(25)11-4-5-12-27/h6-10,13-14H,3-5,11-12H2,1-2H3. The zero-order chi connectivity index (χ0) is 18.9. The fourth-order valence-electron chi connectivity index (χ4n) is 3.33. The molecule has 0 radical (unpaired) electrons. The van der Waals surface area contributed by atoms with Gasteiger partial charge in [0.1, 0.15) is 0 Å². The number of aromatic nitrogens is 2. The SMILES string of the molecule is CCc1nc(-c2cccc(C)c2)c(-c2ccnc(N=S3(=O)CCCC3)c2)s1. The third kappa shape index (κ3) is 3.96. The van der Waals surface area contributed by atoms with E-state index in [1.54, 1.807) is 17.5 Å². The van der Waals surface area contributed by atoms with E-state index < -0.39 is 9.73 Å². The lowest BCUT2D eigenvalue weighted by Crippen LogP contribution is -1.99. The van der Waals surface area contributed by atoms with Crippen molar-refractivity contribution in [3.63, 3.8) is 0 Å². The second kappa shape index (κ2) is 7.52. The monoisotopic (exact) mass is 397 g/mol.